The topological polar surface area (TPSA) is 44.4 Å². The van der Waals surface area contributed by atoms with Crippen LogP contribution >= 0.6 is 0 Å². The van der Waals surface area contributed by atoms with Gasteiger partial charge in [0.2, 0.25) is 5.91 Å². The van der Waals surface area contributed by atoms with Gasteiger partial charge in [0.1, 0.15) is 0 Å². The third-order valence-electron chi connectivity index (χ3n) is 4.78. The van der Waals surface area contributed by atoms with E-state index in [1.165, 1.54) is 0 Å². The van der Waals surface area contributed by atoms with Crippen LogP contribution in [-0.4, -0.2) is 42.5 Å². The summed E-state index contributed by atoms with van der Waals surface area (Å²) in [6, 6.07) is 8.62. The van der Waals surface area contributed by atoms with Gasteiger partial charge in [-0.25, -0.2) is 0 Å². The van der Waals surface area contributed by atoms with E-state index in [-0.39, 0.29) is 11.9 Å². The summed E-state index contributed by atoms with van der Waals surface area (Å²) in [6.45, 7) is 5.26. The van der Waals surface area contributed by atoms with E-state index < -0.39 is 0 Å². The molecular formula is C17H25N3O. The van der Waals surface area contributed by atoms with Crippen molar-refractivity contribution in [1.29, 1.82) is 0 Å². The van der Waals surface area contributed by atoms with Gasteiger partial charge in [0, 0.05) is 11.7 Å². The van der Waals surface area contributed by atoms with Gasteiger partial charge < -0.3 is 10.6 Å². The van der Waals surface area contributed by atoms with Crippen LogP contribution in [0.25, 0.3) is 0 Å². The summed E-state index contributed by atoms with van der Waals surface area (Å²) in [4.78, 5) is 15.1. The zero-order valence-corrected chi connectivity index (χ0v) is 12.8. The maximum absolute atomic E-state index is 12.7. The summed E-state index contributed by atoms with van der Waals surface area (Å²) in [5, 5.41) is 6.53. The average molecular weight is 287 g/mol. The highest BCUT2D eigenvalue weighted by Crippen LogP contribution is 2.26. The molecule has 0 aromatic heterocycles. The Morgan fingerprint density at radius 3 is 2.76 bits per heavy atom. The first kappa shape index (κ1) is 14.5. The Morgan fingerprint density at radius 2 is 2.00 bits per heavy atom. The van der Waals surface area contributed by atoms with Crippen molar-refractivity contribution in [2.24, 2.45) is 0 Å². The van der Waals surface area contributed by atoms with Crippen LogP contribution in [0.3, 0.4) is 0 Å². The number of hydrogen-bond acceptors (Lipinski definition) is 3. The number of carbonyl (C=O) groups is 1. The Labute approximate surface area is 126 Å². The number of nitrogens with one attached hydrogen (secondary N) is 2. The molecule has 2 heterocycles. The first-order valence-corrected chi connectivity index (χ1v) is 8.08. The molecule has 2 aliphatic rings. The van der Waals surface area contributed by atoms with Crippen LogP contribution in [0.15, 0.2) is 24.3 Å². The fourth-order valence-corrected chi connectivity index (χ4v) is 3.58. The second-order valence-electron chi connectivity index (χ2n) is 6.18. The van der Waals surface area contributed by atoms with Gasteiger partial charge in [-0.05, 0) is 63.9 Å². The lowest BCUT2D eigenvalue weighted by Gasteiger charge is -2.35. The van der Waals surface area contributed by atoms with E-state index in [9.17, 15) is 4.79 Å². The molecule has 1 aromatic rings. The van der Waals surface area contributed by atoms with Crippen LogP contribution in [0.4, 0.5) is 5.69 Å². The molecule has 0 saturated carbocycles. The molecule has 0 spiro atoms. The van der Waals surface area contributed by atoms with E-state index in [2.05, 4.69) is 15.5 Å². The Morgan fingerprint density at radius 1 is 1.24 bits per heavy atom. The highest BCUT2D eigenvalue weighted by atomic mass is 16.2. The molecule has 2 fully saturated rings. The van der Waals surface area contributed by atoms with Gasteiger partial charge in [-0.1, -0.05) is 18.2 Å². The Bertz CT molecular complexity index is 497. The minimum atomic E-state index is 0.0488. The van der Waals surface area contributed by atoms with E-state index in [1.807, 2.05) is 31.2 Å². The predicted molar refractivity (Wildman–Crippen MR) is 85.4 cm³/mol. The molecule has 2 saturated heterocycles. The van der Waals surface area contributed by atoms with Gasteiger partial charge in [0.15, 0.2) is 0 Å². The van der Waals surface area contributed by atoms with Gasteiger partial charge in [-0.2, -0.15) is 0 Å². The van der Waals surface area contributed by atoms with E-state index in [4.69, 9.17) is 0 Å². The number of anilines is 1. The summed E-state index contributed by atoms with van der Waals surface area (Å²) in [5.74, 6) is 0.167. The molecule has 4 heteroatoms. The molecule has 1 aromatic carbocycles. The minimum Gasteiger partial charge on any atom is -0.324 e. The summed E-state index contributed by atoms with van der Waals surface area (Å²) in [6.07, 6.45) is 4.44. The lowest BCUT2D eigenvalue weighted by atomic mass is 10.0. The fourth-order valence-electron chi connectivity index (χ4n) is 3.58. The molecule has 2 N–H and O–H groups in total. The fraction of sp³-hybridized carbons (Fsp3) is 0.588. The first-order valence-electron chi connectivity index (χ1n) is 8.08. The van der Waals surface area contributed by atoms with Gasteiger partial charge in [0.25, 0.3) is 0 Å². The smallest absolute Gasteiger partial charge is 0.241 e. The average Bonchev–Trinajstić information content (AvgIpc) is 3.00. The van der Waals surface area contributed by atoms with Crippen molar-refractivity contribution in [2.45, 2.75) is 44.7 Å². The zero-order valence-electron chi connectivity index (χ0n) is 12.8. The van der Waals surface area contributed by atoms with Crippen LogP contribution in [0, 0.1) is 6.92 Å². The largest absolute Gasteiger partial charge is 0.324 e. The number of likely N-dealkylation sites (tertiary alicyclic amines) is 1. The summed E-state index contributed by atoms with van der Waals surface area (Å²) >= 11 is 0. The first-order chi connectivity index (χ1) is 10.3. The molecule has 4 nitrogen and oxygen atoms in total. The SMILES string of the molecule is Cc1ccccc1NC(=O)C1CCCN1C1CCNCC1. The predicted octanol–water partition coefficient (Wildman–Crippen LogP) is 2.15. The number of rotatable bonds is 3. The number of benzene rings is 1. The normalized spacial score (nSPS) is 24.1. The number of hydrogen-bond donors (Lipinski definition) is 2. The number of para-hydroxylation sites is 1. The molecule has 2 aliphatic heterocycles. The molecular weight excluding hydrogens is 262 g/mol. The molecule has 1 amide bonds. The van der Waals surface area contributed by atoms with Crippen molar-refractivity contribution in [2.75, 3.05) is 25.0 Å². The molecule has 21 heavy (non-hydrogen) atoms. The molecule has 0 radical (unpaired) electrons. The van der Waals surface area contributed by atoms with Gasteiger partial charge >= 0.3 is 0 Å². The summed E-state index contributed by atoms with van der Waals surface area (Å²) < 4.78 is 0. The lowest BCUT2D eigenvalue weighted by Crippen LogP contribution is -2.49. The minimum absolute atomic E-state index is 0.0488. The highest BCUT2D eigenvalue weighted by Gasteiger charge is 2.35. The van der Waals surface area contributed by atoms with Crippen molar-refractivity contribution < 1.29 is 4.79 Å². The summed E-state index contributed by atoms with van der Waals surface area (Å²) in [5.41, 5.74) is 2.07. The third-order valence-corrected chi connectivity index (χ3v) is 4.78. The monoisotopic (exact) mass is 287 g/mol. The second kappa shape index (κ2) is 6.58. The Hall–Kier alpha value is -1.39. The van der Waals surface area contributed by atoms with Crippen molar-refractivity contribution >= 4 is 11.6 Å². The van der Waals surface area contributed by atoms with Crippen LogP contribution in [0.1, 0.15) is 31.2 Å². The van der Waals surface area contributed by atoms with Crippen LogP contribution in [0.5, 0.6) is 0 Å². The quantitative estimate of drug-likeness (QED) is 0.895. The Kier molecular flexibility index (Phi) is 4.56. The molecule has 1 unspecified atom stereocenters. The number of carbonyl (C=O) groups excluding carboxylic acids is 1. The van der Waals surface area contributed by atoms with E-state index in [0.29, 0.717) is 6.04 Å². The van der Waals surface area contributed by atoms with E-state index in [1.54, 1.807) is 0 Å². The van der Waals surface area contributed by atoms with E-state index >= 15 is 0 Å². The number of nitrogens with zero attached hydrogens (tertiary/aromatic N) is 1. The molecule has 1 atom stereocenters. The van der Waals surface area contributed by atoms with Crippen LogP contribution in [-0.2, 0) is 4.79 Å². The van der Waals surface area contributed by atoms with Crippen molar-refractivity contribution in [3.05, 3.63) is 29.8 Å². The summed E-state index contributed by atoms with van der Waals surface area (Å²) in [7, 11) is 0. The maximum atomic E-state index is 12.7. The second-order valence-corrected chi connectivity index (χ2v) is 6.18. The van der Waals surface area contributed by atoms with Crippen molar-refractivity contribution in [3.63, 3.8) is 0 Å². The van der Waals surface area contributed by atoms with Crippen LogP contribution in [0.2, 0.25) is 0 Å². The molecule has 3 rings (SSSR count). The van der Waals surface area contributed by atoms with Crippen molar-refractivity contribution in [3.8, 4) is 0 Å². The molecule has 114 valence electrons. The van der Waals surface area contributed by atoms with Crippen LogP contribution < -0.4 is 10.6 Å². The standard InChI is InChI=1S/C17H25N3O/c1-13-5-2-3-6-15(13)19-17(21)16-7-4-12-20(16)14-8-10-18-11-9-14/h2-3,5-6,14,16,18H,4,7-12H2,1H3,(H,19,21). The number of amides is 1. The van der Waals surface area contributed by atoms with Gasteiger partial charge in [-0.15, -0.1) is 0 Å². The molecule has 0 bridgehead atoms. The van der Waals surface area contributed by atoms with Gasteiger partial charge in [0.05, 0.1) is 6.04 Å². The molecule has 0 aliphatic carbocycles. The number of aryl methyl sites for hydroxylation is 1. The maximum Gasteiger partial charge on any atom is 0.241 e. The highest BCUT2D eigenvalue weighted by molar-refractivity contribution is 5.95. The lowest BCUT2D eigenvalue weighted by molar-refractivity contribution is -0.121. The number of piperidine rings is 1. The third kappa shape index (κ3) is 3.27. The van der Waals surface area contributed by atoms with Gasteiger partial charge in [-0.3, -0.25) is 9.69 Å². The zero-order chi connectivity index (χ0) is 14.7. The Balaban J connectivity index is 1.67. The van der Waals surface area contributed by atoms with Crippen molar-refractivity contribution in [1.82, 2.24) is 10.2 Å². The van der Waals surface area contributed by atoms with E-state index in [0.717, 1.165) is 56.6 Å².